The van der Waals surface area contributed by atoms with Gasteiger partial charge in [0.15, 0.2) is 0 Å². The van der Waals surface area contributed by atoms with Crippen LogP contribution >= 0.6 is 0 Å². The van der Waals surface area contributed by atoms with Crippen LogP contribution in [-0.2, 0) is 7.05 Å². The highest BCUT2D eigenvalue weighted by Crippen LogP contribution is 2.39. The van der Waals surface area contributed by atoms with E-state index in [-0.39, 0.29) is 11.6 Å². The van der Waals surface area contributed by atoms with Crippen molar-refractivity contribution in [1.29, 1.82) is 0 Å². The van der Waals surface area contributed by atoms with E-state index in [0.717, 1.165) is 46.6 Å². The van der Waals surface area contributed by atoms with Crippen molar-refractivity contribution < 1.29 is 9.90 Å². The Labute approximate surface area is 180 Å². The highest BCUT2D eigenvalue weighted by Gasteiger charge is 2.31. The van der Waals surface area contributed by atoms with Gasteiger partial charge in [-0.2, -0.15) is 5.10 Å². The van der Waals surface area contributed by atoms with Crippen molar-refractivity contribution in [2.75, 3.05) is 11.9 Å². The number of carboxylic acids is 1. The summed E-state index contributed by atoms with van der Waals surface area (Å²) >= 11 is 0. The lowest BCUT2D eigenvalue weighted by Gasteiger charge is -2.22. The Bertz CT molecular complexity index is 1200. The number of aromatic carboxylic acids is 1. The number of hydrazine groups is 2. The van der Waals surface area contributed by atoms with Crippen LogP contribution in [0.4, 0.5) is 5.69 Å². The number of aryl methyl sites for hydroxylation is 1. The third kappa shape index (κ3) is 3.40. The quantitative estimate of drug-likeness (QED) is 0.518. The molecule has 1 aromatic heterocycles. The van der Waals surface area contributed by atoms with Crippen molar-refractivity contribution in [2.45, 2.75) is 19.4 Å². The predicted molar refractivity (Wildman–Crippen MR) is 119 cm³/mol. The van der Waals surface area contributed by atoms with E-state index >= 15 is 0 Å². The van der Waals surface area contributed by atoms with Gasteiger partial charge in [0.25, 0.3) is 0 Å². The maximum atomic E-state index is 11.7. The molecule has 0 bridgehead atoms. The number of carboxylic acid groups (broad SMARTS) is 1. The van der Waals surface area contributed by atoms with Gasteiger partial charge < -0.3 is 15.8 Å². The number of nitrogens with zero attached hydrogens (tertiary/aromatic N) is 3. The highest BCUT2D eigenvalue weighted by molar-refractivity contribution is 5.94. The molecule has 1 unspecified atom stereocenters. The predicted octanol–water partition coefficient (Wildman–Crippen LogP) is 3.36. The van der Waals surface area contributed by atoms with Gasteiger partial charge in [-0.15, -0.1) is 5.53 Å². The topological polar surface area (TPSA) is 94.5 Å². The smallest absolute Gasteiger partial charge is 0.337 e. The molecule has 4 N–H and O–H groups in total. The van der Waals surface area contributed by atoms with Crippen LogP contribution in [0.15, 0.2) is 60.6 Å². The molecule has 0 saturated heterocycles. The van der Waals surface area contributed by atoms with Crippen LogP contribution in [-0.4, -0.2) is 32.4 Å². The molecule has 5 rings (SSSR count). The number of para-hydroxylation sites is 1. The summed E-state index contributed by atoms with van der Waals surface area (Å²) in [4.78, 5) is 11.7. The Morgan fingerprint density at radius 3 is 2.84 bits per heavy atom. The molecule has 2 aromatic carbocycles. The molecule has 3 aromatic rings. The Morgan fingerprint density at radius 1 is 1.23 bits per heavy atom. The van der Waals surface area contributed by atoms with E-state index in [9.17, 15) is 9.90 Å². The van der Waals surface area contributed by atoms with E-state index in [1.165, 1.54) is 0 Å². The summed E-state index contributed by atoms with van der Waals surface area (Å²) in [6, 6.07) is 13.4. The van der Waals surface area contributed by atoms with Crippen LogP contribution in [0, 0.1) is 0 Å². The first-order chi connectivity index (χ1) is 15.0. The van der Waals surface area contributed by atoms with Crippen LogP contribution in [0.1, 0.15) is 40.9 Å². The molecular weight excluding hydrogens is 392 g/mol. The molecule has 3 heterocycles. The molecule has 0 amide bonds. The molecule has 158 valence electrons. The summed E-state index contributed by atoms with van der Waals surface area (Å²) in [6.45, 7) is 2.82. The Balaban J connectivity index is 1.63. The van der Waals surface area contributed by atoms with E-state index in [1.807, 2.05) is 31.6 Å². The molecule has 2 aliphatic heterocycles. The molecule has 0 fully saturated rings. The van der Waals surface area contributed by atoms with Crippen LogP contribution in [0.5, 0.6) is 0 Å². The second-order valence-corrected chi connectivity index (χ2v) is 7.90. The average Bonchev–Trinajstić information content (AvgIpc) is 3.32. The summed E-state index contributed by atoms with van der Waals surface area (Å²) in [5.74, 6) is -0.939. The zero-order chi connectivity index (χ0) is 21.5. The minimum Gasteiger partial charge on any atom is -0.478 e. The summed E-state index contributed by atoms with van der Waals surface area (Å²) in [6.07, 6.45) is 4.65. The van der Waals surface area contributed by atoms with Gasteiger partial charge in [-0.05, 0) is 42.7 Å². The summed E-state index contributed by atoms with van der Waals surface area (Å²) < 4.78 is 1.79. The number of nitrogens with one attached hydrogen (secondary N) is 3. The standard InChI is InChI=1S/C23H24N6O2/c1-14-22-17-8-7-15(16-12-24-28(2)13-16)11-19(17)21(9-10-29(22)27-26-14)25-20-6-4-3-5-18(20)23(30)31/h3-8,11-13,21,25-27H,9-10H2,1-2H3,(H,30,31). The second kappa shape index (κ2) is 7.48. The lowest BCUT2D eigenvalue weighted by Crippen LogP contribution is -2.38. The molecule has 31 heavy (non-hydrogen) atoms. The van der Waals surface area contributed by atoms with Gasteiger partial charge in [0.2, 0.25) is 0 Å². The molecular formula is C23H24N6O2. The normalized spacial score (nSPS) is 17.6. The first-order valence-electron chi connectivity index (χ1n) is 10.2. The van der Waals surface area contributed by atoms with Crippen molar-refractivity contribution in [3.63, 3.8) is 0 Å². The van der Waals surface area contributed by atoms with Gasteiger partial charge in [0.05, 0.1) is 29.2 Å². The van der Waals surface area contributed by atoms with Crippen LogP contribution in [0.25, 0.3) is 16.8 Å². The van der Waals surface area contributed by atoms with Crippen molar-refractivity contribution in [1.82, 2.24) is 25.7 Å². The SMILES string of the molecule is CC1=C2c3ccc(-c4cnn(C)c4)cc3C(Nc3ccccc3C(=O)O)CCN2NN1. The number of hydrogen-bond donors (Lipinski definition) is 4. The lowest BCUT2D eigenvalue weighted by atomic mass is 9.93. The minimum atomic E-state index is -0.939. The number of aromatic nitrogens is 2. The number of allylic oxidation sites excluding steroid dienone is 1. The van der Waals surface area contributed by atoms with Crippen molar-refractivity contribution in [3.8, 4) is 11.1 Å². The van der Waals surface area contributed by atoms with Gasteiger partial charge in [0.1, 0.15) is 0 Å². The van der Waals surface area contributed by atoms with Crippen LogP contribution in [0.3, 0.4) is 0 Å². The Morgan fingerprint density at radius 2 is 2.06 bits per heavy atom. The molecule has 8 nitrogen and oxygen atoms in total. The Hall–Kier alpha value is -3.78. The monoisotopic (exact) mass is 416 g/mol. The molecule has 2 aliphatic rings. The van der Waals surface area contributed by atoms with Crippen LogP contribution in [0.2, 0.25) is 0 Å². The first-order valence-corrected chi connectivity index (χ1v) is 10.2. The average molecular weight is 416 g/mol. The van der Waals surface area contributed by atoms with E-state index in [2.05, 4.69) is 51.5 Å². The zero-order valence-corrected chi connectivity index (χ0v) is 17.4. The number of anilines is 1. The fourth-order valence-corrected chi connectivity index (χ4v) is 4.35. The van der Waals surface area contributed by atoms with Gasteiger partial charge >= 0.3 is 5.97 Å². The van der Waals surface area contributed by atoms with Gasteiger partial charge in [-0.1, -0.05) is 24.3 Å². The van der Waals surface area contributed by atoms with Crippen molar-refractivity contribution >= 4 is 17.4 Å². The molecule has 0 saturated carbocycles. The fraction of sp³-hybridized carbons (Fsp3) is 0.217. The zero-order valence-electron chi connectivity index (χ0n) is 17.4. The lowest BCUT2D eigenvalue weighted by molar-refractivity contribution is 0.0698. The van der Waals surface area contributed by atoms with Gasteiger partial charge in [0, 0.05) is 36.6 Å². The first kappa shape index (κ1) is 19.2. The third-order valence-electron chi connectivity index (χ3n) is 5.85. The number of benzene rings is 2. The molecule has 0 aliphatic carbocycles. The fourth-order valence-electron chi connectivity index (χ4n) is 4.35. The highest BCUT2D eigenvalue weighted by atomic mass is 16.4. The van der Waals surface area contributed by atoms with Crippen molar-refractivity contribution in [3.05, 3.63) is 77.2 Å². The number of rotatable bonds is 4. The summed E-state index contributed by atoms with van der Waals surface area (Å²) in [5, 5.41) is 19.6. The number of fused-ring (bicyclic) bond motifs is 3. The van der Waals surface area contributed by atoms with Gasteiger partial charge in [-0.3, -0.25) is 9.69 Å². The van der Waals surface area contributed by atoms with E-state index in [4.69, 9.17) is 0 Å². The Kier molecular flexibility index (Phi) is 4.63. The van der Waals surface area contributed by atoms with E-state index in [0.29, 0.717) is 5.69 Å². The van der Waals surface area contributed by atoms with Crippen molar-refractivity contribution in [2.24, 2.45) is 7.05 Å². The van der Waals surface area contributed by atoms with E-state index in [1.54, 1.807) is 16.8 Å². The third-order valence-corrected chi connectivity index (χ3v) is 5.85. The number of hydrogen-bond acceptors (Lipinski definition) is 6. The summed E-state index contributed by atoms with van der Waals surface area (Å²) in [5.41, 5.74) is 13.9. The van der Waals surface area contributed by atoms with Crippen LogP contribution < -0.4 is 16.3 Å². The minimum absolute atomic E-state index is 0.0557. The second-order valence-electron chi connectivity index (χ2n) is 7.90. The van der Waals surface area contributed by atoms with E-state index < -0.39 is 5.97 Å². The molecule has 8 heteroatoms. The maximum absolute atomic E-state index is 11.7. The summed E-state index contributed by atoms with van der Waals surface area (Å²) in [7, 11) is 1.90. The molecule has 0 radical (unpaired) electrons. The molecule has 1 atom stereocenters. The number of carbonyl (C=O) groups is 1. The maximum Gasteiger partial charge on any atom is 0.337 e. The van der Waals surface area contributed by atoms with Gasteiger partial charge in [-0.25, -0.2) is 4.79 Å². The molecule has 0 spiro atoms. The largest absolute Gasteiger partial charge is 0.478 e.